The van der Waals surface area contributed by atoms with E-state index in [1.165, 1.54) is 35.3 Å². The SMILES string of the molecule is O=C(NCc1cc(Cl)c2c(c1)OCCO2)c1ccc(-n2ccnc2)c([N+](=O)[O-])c1. The van der Waals surface area contributed by atoms with Crippen LogP contribution in [0.1, 0.15) is 15.9 Å². The van der Waals surface area contributed by atoms with Crippen molar-refractivity contribution in [3.8, 4) is 17.2 Å². The van der Waals surface area contributed by atoms with Crippen molar-refractivity contribution in [2.75, 3.05) is 13.2 Å². The van der Waals surface area contributed by atoms with Crippen LogP contribution in [0, 0.1) is 10.1 Å². The van der Waals surface area contributed by atoms with Crippen molar-refractivity contribution >= 4 is 23.2 Å². The lowest BCUT2D eigenvalue weighted by atomic mass is 10.1. The first-order chi connectivity index (χ1) is 14.0. The first kappa shape index (κ1) is 18.8. The Morgan fingerprint density at radius 3 is 2.86 bits per heavy atom. The molecular formula is C19H15ClN4O5. The van der Waals surface area contributed by atoms with Crippen LogP contribution in [0.25, 0.3) is 5.69 Å². The van der Waals surface area contributed by atoms with Crippen molar-refractivity contribution in [2.45, 2.75) is 6.54 Å². The zero-order valence-corrected chi connectivity index (χ0v) is 15.8. The van der Waals surface area contributed by atoms with Gasteiger partial charge in [-0.3, -0.25) is 14.9 Å². The molecule has 2 heterocycles. The third kappa shape index (κ3) is 3.85. The standard InChI is InChI=1S/C19H15ClN4O5/c20-14-7-12(8-17-18(14)29-6-5-28-17)10-22-19(25)13-1-2-15(16(9-13)24(26)27)23-4-3-21-11-23/h1-4,7-9,11H,5-6,10H2,(H,22,25). The predicted molar refractivity (Wildman–Crippen MR) is 104 cm³/mol. The van der Waals surface area contributed by atoms with Gasteiger partial charge in [0.25, 0.3) is 11.6 Å². The maximum Gasteiger partial charge on any atom is 0.294 e. The van der Waals surface area contributed by atoms with Gasteiger partial charge in [0.05, 0.1) is 16.3 Å². The zero-order chi connectivity index (χ0) is 20.4. The summed E-state index contributed by atoms with van der Waals surface area (Å²) in [5.41, 5.74) is 1.02. The Labute approximate surface area is 170 Å². The van der Waals surface area contributed by atoms with E-state index in [-0.39, 0.29) is 17.8 Å². The summed E-state index contributed by atoms with van der Waals surface area (Å²) in [4.78, 5) is 27.3. The molecule has 0 spiro atoms. The minimum atomic E-state index is -0.535. The van der Waals surface area contributed by atoms with Crippen LogP contribution in [0.2, 0.25) is 5.02 Å². The number of carbonyl (C=O) groups is 1. The summed E-state index contributed by atoms with van der Waals surface area (Å²) in [7, 11) is 0. The summed E-state index contributed by atoms with van der Waals surface area (Å²) >= 11 is 6.20. The number of fused-ring (bicyclic) bond motifs is 1. The van der Waals surface area contributed by atoms with Crippen LogP contribution in [-0.4, -0.2) is 33.6 Å². The second-order valence-electron chi connectivity index (χ2n) is 6.22. The van der Waals surface area contributed by atoms with Crippen LogP contribution in [0.5, 0.6) is 11.5 Å². The maximum absolute atomic E-state index is 12.5. The number of carbonyl (C=O) groups excluding carboxylic acids is 1. The number of nitrogens with one attached hydrogen (secondary N) is 1. The third-order valence-corrected chi connectivity index (χ3v) is 4.61. The minimum Gasteiger partial charge on any atom is -0.486 e. The molecule has 1 amide bonds. The fourth-order valence-electron chi connectivity index (χ4n) is 2.98. The molecule has 148 valence electrons. The van der Waals surface area contributed by atoms with Crippen LogP contribution in [-0.2, 0) is 6.54 Å². The number of rotatable bonds is 5. The van der Waals surface area contributed by atoms with Gasteiger partial charge in [0, 0.05) is 30.6 Å². The third-order valence-electron chi connectivity index (χ3n) is 4.33. The molecule has 1 N–H and O–H groups in total. The van der Waals surface area contributed by atoms with E-state index in [9.17, 15) is 14.9 Å². The van der Waals surface area contributed by atoms with E-state index in [4.69, 9.17) is 21.1 Å². The molecule has 1 aliphatic rings. The number of imidazole rings is 1. The van der Waals surface area contributed by atoms with E-state index < -0.39 is 10.8 Å². The van der Waals surface area contributed by atoms with Gasteiger partial charge in [-0.2, -0.15) is 0 Å². The number of hydrogen-bond acceptors (Lipinski definition) is 6. The van der Waals surface area contributed by atoms with Gasteiger partial charge in [0.15, 0.2) is 11.5 Å². The number of hydrogen-bond donors (Lipinski definition) is 1. The van der Waals surface area contributed by atoms with Gasteiger partial charge in [-0.25, -0.2) is 4.98 Å². The van der Waals surface area contributed by atoms with Crippen molar-refractivity contribution in [3.63, 3.8) is 0 Å². The lowest BCUT2D eigenvalue weighted by Crippen LogP contribution is -2.23. The molecule has 2 aromatic carbocycles. The fraction of sp³-hybridized carbons (Fsp3) is 0.158. The maximum atomic E-state index is 12.5. The summed E-state index contributed by atoms with van der Waals surface area (Å²) < 4.78 is 12.5. The number of amides is 1. The van der Waals surface area contributed by atoms with Gasteiger partial charge >= 0.3 is 0 Å². The number of aromatic nitrogens is 2. The molecule has 1 aliphatic heterocycles. The van der Waals surface area contributed by atoms with Crippen LogP contribution in [0.15, 0.2) is 49.1 Å². The fourth-order valence-corrected chi connectivity index (χ4v) is 3.27. The van der Waals surface area contributed by atoms with E-state index in [1.54, 1.807) is 18.3 Å². The molecule has 0 fully saturated rings. The Kier molecular flexibility index (Phi) is 5.05. The summed E-state index contributed by atoms with van der Waals surface area (Å²) in [5, 5.41) is 14.6. The van der Waals surface area contributed by atoms with E-state index >= 15 is 0 Å². The molecule has 0 bridgehead atoms. The summed E-state index contributed by atoms with van der Waals surface area (Å²) in [6.45, 7) is 1.02. The van der Waals surface area contributed by atoms with Crippen LogP contribution in [0.3, 0.4) is 0 Å². The van der Waals surface area contributed by atoms with Crippen LogP contribution < -0.4 is 14.8 Å². The molecule has 9 nitrogen and oxygen atoms in total. The average Bonchev–Trinajstić information content (AvgIpc) is 3.26. The highest BCUT2D eigenvalue weighted by Gasteiger charge is 2.20. The average molecular weight is 415 g/mol. The topological polar surface area (TPSA) is 109 Å². The molecule has 0 atom stereocenters. The van der Waals surface area contributed by atoms with E-state index in [2.05, 4.69) is 10.3 Å². The Balaban J connectivity index is 1.52. The van der Waals surface area contributed by atoms with Gasteiger partial charge in [-0.15, -0.1) is 0 Å². The molecule has 3 aromatic rings. The molecule has 10 heteroatoms. The van der Waals surface area contributed by atoms with E-state index in [0.29, 0.717) is 35.4 Å². The summed E-state index contributed by atoms with van der Waals surface area (Å²) in [6.07, 6.45) is 4.56. The largest absolute Gasteiger partial charge is 0.486 e. The highest BCUT2D eigenvalue weighted by atomic mass is 35.5. The van der Waals surface area contributed by atoms with Gasteiger partial charge in [-0.1, -0.05) is 11.6 Å². The highest BCUT2D eigenvalue weighted by Crippen LogP contribution is 2.38. The quantitative estimate of drug-likeness (QED) is 0.507. The second kappa shape index (κ2) is 7.80. The molecule has 1 aromatic heterocycles. The van der Waals surface area contributed by atoms with E-state index in [0.717, 1.165) is 5.56 Å². The molecule has 0 saturated carbocycles. The minimum absolute atomic E-state index is 0.171. The normalized spacial score (nSPS) is 12.4. The predicted octanol–water partition coefficient (Wildman–Crippen LogP) is 3.14. The molecular weight excluding hydrogens is 400 g/mol. The van der Waals surface area contributed by atoms with E-state index in [1.807, 2.05) is 0 Å². The summed E-state index contributed by atoms with van der Waals surface area (Å²) in [6, 6.07) is 7.69. The van der Waals surface area contributed by atoms with Crippen LogP contribution >= 0.6 is 11.6 Å². The van der Waals surface area contributed by atoms with Crippen molar-refractivity contribution < 1.29 is 19.2 Å². The van der Waals surface area contributed by atoms with Gasteiger partial charge in [-0.05, 0) is 29.8 Å². The Bertz CT molecular complexity index is 1080. The van der Waals surface area contributed by atoms with Crippen molar-refractivity contribution in [2.24, 2.45) is 0 Å². The Morgan fingerprint density at radius 1 is 1.28 bits per heavy atom. The molecule has 29 heavy (non-hydrogen) atoms. The molecule has 0 saturated heterocycles. The molecule has 0 unspecified atom stereocenters. The molecule has 0 radical (unpaired) electrons. The molecule has 0 aliphatic carbocycles. The number of nitro benzene ring substituents is 1. The highest BCUT2D eigenvalue weighted by molar-refractivity contribution is 6.32. The number of benzene rings is 2. The van der Waals surface area contributed by atoms with Crippen molar-refractivity contribution in [1.82, 2.24) is 14.9 Å². The van der Waals surface area contributed by atoms with Crippen molar-refractivity contribution in [3.05, 3.63) is 75.3 Å². The lowest BCUT2D eigenvalue weighted by molar-refractivity contribution is -0.384. The Hall–Kier alpha value is -3.59. The first-order valence-corrected chi connectivity index (χ1v) is 9.04. The Morgan fingerprint density at radius 2 is 2.10 bits per heavy atom. The van der Waals surface area contributed by atoms with Gasteiger partial charge in [0.2, 0.25) is 0 Å². The number of nitro groups is 1. The smallest absolute Gasteiger partial charge is 0.294 e. The van der Waals surface area contributed by atoms with Crippen LogP contribution in [0.4, 0.5) is 5.69 Å². The number of ether oxygens (including phenoxy) is 2. The monoisotopic (exact) mass is 414 g/mol. The lowest BCUT2D eigenvalue weighted by Gasteiger charge is -2.20. The van der Waals surface area contributed by atoms with Gasteiger partial charge in [0.1, 0.15) is 18.9 Å². The van der Waals surface area contributed by atoms with Gasteiger partial charge < -0.3 is 19.4 Å². The number of halogens is 1. The summed E-state index contributed by atoms with van der Waals surface area (Å²) in [5.74, 6) is 0.559. The molecule has 4 rings (SSSR count). The first-order valence-electron chi connectivity index (χ1n) is 8.66. The van der Waals surface area contributed by atoms with Crippen molar-refractivity contribution in [1.29, 1.82) is 0 Å². The second-order valence-corrected chi connectivity index (χ2v) is 6.62. The number of nitrogens with zero attached hydrogens (tertiary/aromatic N) is 3. The zero-order valence-electron chi connectivity index (χ0n) is 15.0.